The summed E-state index contributed by atoms with van der Waals surface area (Å²) in [5, 5.41) is 3.00. The molecule has 0 aliphatic carbocycles. The van der Waals surface area contributed by atoms with Crippen molar-refractivity contribution in [2.24, 2.45) is 4.99 Å². The number of ether oxygens (including phenoxy) is 1. The third-order valence-electron chi connectivity index (χ3n) is 3.74. The van der Waals surface area contributed by atoms with E-state index in [-0.39, 0.29) is 17.0 Å². The Hall–Kier alpha value is -1.16. The average Bonchev–Trinajstić information content (AvgIpc) is 3.02. The minimum atomic E-state index is -3.62. The number of sulfonamides is 1. The maximum Gasteiger partial charge on any atom is 0.264 e. The van der Waals surface area contributed by atoms with Gasteiger partial charge in [0.2, 0.25) is 5.96 Å². The summed E-state index contributed by atoms with van der Waals surface area (Å²) in [6.07, 6.45) is 2.43. The predicted molar refractivity (Wildman–Crippen MR) is 90.4 cm³/mol. The number of nitrogens with zero attached hydrogens (tertiary/aromatic N) is 2. The summed E-state index contributed by atoms with van der Waals surface area (Å²) in [6.45, 7) is 2.63. The zero-order valence-electron chi connectivity index (χ0n) is 12.5. The Morgan fingerprint density at radius 1 is 1.39 bits per heavy atom. The Morgan fingerprint density at radius 3 is 2.78 bits per heavy atom. The molecule has 2 aliphatic heterocycles. The quantitative estimate of drug-likeness (QED) is 0.787. The van der Waals surface area contributed by atoms with Gasteiger partial charge in [0.1, 0.15) is 0 Å². The van der Waals surface area contributed by atoms with Gasteiger partial charge in [-0.25, -0.2) is 18.1 Å². The van der Waals surface area contributed by atoms with Crippen LogP contribution < -0.4 is 10.0 Å². The van der Waals surface area contributed by atoms with E-state index in [0.29, 0.717) is 13.3 Å². The molecular formula is C14H19BrN4O3S. The number of benzene rings is 1. The van der Waals surface area contributed by atoms with Crippen LogP contribution in [-0.2, 0) is 14.8 Å². The fraction of sp³-hybridized carbons (Fsp3) is 0.500. The second-order valence-corrected chi connectivity index (χ2v) is 8.13. The van der Waals surface area contributed by atoms with Gasteiger partial charge in [-0.2, -0.15) is 0 Å². The number of hydrogen-bond donors (Lipinski definition) is 2. The fourth-order valence-corrected chi connectivity index (χ4v) is 3.80. The highest BCUT2D eigenvalue weighted by Gasteiger charge is 2.23. The first-order valence-electron chi connectivity index (χ1n) is 7.43. The van der Waals surface area contributed by atoms with E-state index >= 15 is 0 Å². The molecule has 0 spiro atoms. The molecule has 3 rings (SSSR count). The molecule has 9 heteroatoms. The average molecular weight is 403 g/mol. The van der Waals surface area contributed by atoms with Gasteiger partial charge < -0.3 is 10.1 Å². The van der Waals surface area contributed by atoms with Crippen LogP contribution in [0.1, 0.15) is 12.8 Å². The highest BCUT2D eigenvalue weighted by atomic mass is 79.9. The first-order chi connectivity index (χ1) is 11.0. The van der Waals surface area contributed by atoms with Gasteiger partial charge in [0.25, 0.3) is 10.0 Å². The molecule has 0 saturated carbocycles. The third kappa shape index (κ3) is 4.43. The molecule has 0 aromatic heterocycles. The molecule has 1 fully saturated rings. The number of hydrogen-bond acceptors (Lipinski definition) is 6. The van der Waals surface area contributed by atoms with Crippen LogP contribution >= 0.6 is 15.9 Å². The van der Waals surface area contributed by atoms with Crippen LogP contribution in [0.15, 0.2) is 38.6 Å². The van der Waals surface area contributed by atoms with Crippen molar-refractivity contribution in [1.82, 2.24) is 14.9 Å². The summed E-state index contributed by atoms with van der Waals surface area (Å²) in [5.74, 6) is 0.275. The smallest absolute Gasteiger partial charge is 0.264 e. The second kappa shape index (κ2) is 7.16. The molecule has 0 radical (unpaired) electrons. The lowest BCUT2D eigenvalue weighted by atomic mass is 10.2. The lowest BCUT2D eigenvalue weighted by molar-refractivity contribution is 0.0714. The Balaban J connectivity index is 1.58. The first-order valence-corrected chi connectivity index (χ1v) is 9.71. The van der Waals surface area contributed by atoms with Gasteiger partial charge in [-0.1, -0.05) is 15.9 Å². The van der Waals surface area contributed by atoms with Gasteiger partial charge in [-0.3, -0.25) is 4.90 Å². The summed E-state index contributed by atoms with van der Waals surface area (Å²) in [7, 11) is -3.62. The van der Waals surface area contributed by atoms with E-state index in [1.54, 1.807) is 24.3 Å². The Bertz CT molecular complexity index is 672. The van der Waals surface area contributed by atoms with Crippen molar-refractivity contribution in [3.05, 3.63) is 28.7 Å². The summed E-state index contributed by atoms with van der Waals surface area (Å²) in [4.78, 5) is 6.55. The van der Waals surface area contributed by atoms with Crippen LogP contribution in [0, 0.1) is 0 Å². The largest absolute Gasteiger partial charge is 0.377 e. The lowest BCUT2D eigenvalue weighted by Gasteiger charge is -2.28. The molecule has 0 bridgehead atoms. The third-order valence-corrected chi connectivity index (χ3v) is 5.62. The number of guanidine groups is 1. The SMILES string of the molecule is O=S(=O)(NC1=NCN(C[C@H]2CCCO2)CN1)c1ccc(Br)cc1. The van der Waals surface area contributed by atoms with E-state index in [2.05, 4.69) is 35.9 Å². The zero-order chi connectivity index (χ0) is 16.3. The van der Waals surface area contributed by atoms with Gasteiger partial charge in [0, 0.05) is 17.6 Å². The van der Waals surface area contributed by atoms with Crippen molar-refractivity contribution < 1.29 is 13.2 Å². The molecule has 1 aromatic carbocycles. The van der Waals surface area contributed by atoms with E-state index in [9.17, 15) is 8.42 Å². The van der Waals surface area contributed by atoms with Crippen LogP contribution in [0.4, 0.5) is 0 Å². The normalized spacial score (nSPS) is 22.5. The zero-order valence-corrected chi connectivity index (χ0v) is 14.9. The van der Waals surface area contributed by atoms with Gasteiger partial charge in [0.15, 0.2) is 0 Å². The lowest BCUT2D eigenvalue weighted by Crippen LogP contribution is -2.51. The highest BCUT2D eigenvalue weighted by molar-refractivity contribution is 9.10. The molecule has 23 heavy (non-hydrogen) atoms. The van der Waals surface area contributed by atoms with E-state index in [1.807, 2.05) is 0 Å². The standard InChI is InChI=1S/C14H19BrN4O3S/c15-11-3-5-13(6-4-11)23(20,21)18-14-16-9-19(10-17-14)8-12-2-1-7-22-12/h3-6,12H,1-2,7-10H2,(H2,16,17,18)/t12-/m1/s1. The molecule has 0 unspecified atom stereocenters. The molecule has 1 saturated heterocycles. The maximum atomic E-state index is 12.3. The van der Waals surface area contributed by atoms with Gasteiger partial charge in [0.05, 0.1) is 24.3 Å². The monoisotopic (exact) mass is 402 g/mol. The molecule has 2 aliphatic rings. The number of rotatable bonds is 4. The Morgan fingerprint density at radius 2 is 2.17 bits per heavy atom. The van der Waals surface area contributed by atoms with Gasteiger partial charge >= 0.3 is 0 Å². The van der Waals surface area contributed by atoms with Crippen LogP contribution in [0.25, 0.3) is 0 Å². The topological polar surface area (TPSA) is 83.0 Å². The fourth-order valence-electron chi connectivity index (χ4n) is 2.53. The first kappa shape index (κ1) is 16.7. The molecule has 126 valence electrons. The molecule has 1 aromatic rings. The van der Waals surface area contributed by atoms with Crippen molar-refractivity contribution >= 4 is 31.9 Å². The highest BCUT2D eigenvalue weighted by Crippen LogP contribution is 2.15. The van der Waals surface area contributed by atoms with Crippen LogP contribution in [0.5, 0.6) is 0 Å². The number of nitrogens with one attached hydrogen (secondary N) is 2. The maximum absolute atomic E-state index is 12.3. The van der Waals surface area contributed by atoms with Crippen LogP contribution in [0.3, 0.4) is 0 Å². The van der Waals surface area contributed by atoms with Gasteiger partial charge in [-0.05, 0) is 37.1 Å². The van der Waals surface area contributed by atoms with Crippen LogP contribution in [0.2, 0.25) is 0 Å². The van der Waals surface area contributed by atoms with Gasteiger partial charge in [-0.15, -0.1) is 0 Å². The minimum absolute atomic E-state index is 0.201. The van der Waals surface area contributed by atoms with E-state index in [4.69, 9.17) is 4.74 Å². The van der Waals surface area contributed by atoms with Crippen molar-refractivity contribution in [2.75, 3.05) is 26.5 Å². The Kier molecular flexibility index (Phi) is 5.20. The van der Waals surface area contributed by atoms with Crippen molar-refractivity contribution in [3.63, 3.8) is 0 Å². The molecule has 2 N–H and O–H groups in total. The molecule has 2 heterocycles. The van der Waals surface area contributed by atoms with E-state index < -0.39 is 10.0 Å². The van der Waals surface area contributed by atoms with E-state index in [1.165, 1.54) is 0 Å². The summed E-state index contributed by atoms with van der Waals surface area (Å²) >= 11 is 3.29. The number of aliphatic imine (C=N–C) groups is 1. The Labute approximate surface area is 144 Å². The minimum Gasteiger partial charge on any atom is -0.377 e. The van der Waals surface area contributed by atoms with E-state index in [0.717, 1.165) is 30.5 Å². The summed E-state index contributed by atoms with van der Waals surface area (Å²) < 4.78 is 33.5. The predicted octanol–water partition coefficient (Wildman–Crippen LogP) is 1.08. The van der Waals surface area contributed by atoms with Crippen molar-refractivity contribution in [3.8, 4) is 0 Å². The molecule has 0 amide bonds. The molecular weight excluding hydrogens is 384 g/mol. The second-order valence-electron chi connectivity index (χ2n) is 5.53. The molecule has 7 nitrogen and oxygen atoms in total. The summed E-state index contributed by atoms with van der Waals surface area (Å²) in [6, 6.07) is 6.46. The van der Waals surface area contributed by atoms with Crippen molar-refractivity contribution in [2.45, 2.75) is 23.8 Å². The number of halogens is 1. The summed E-state index contributed by atoms with van der Waals surface area (Å²) in [5.41, 5.74) is 0. The van der Waals surface area contributed by atoms with Crippen LogP contribution in [-0.4, -0.2) is 51.9 Å². The molecule has 1 atom stereocenters. The van der Waals surface area contributed by atoms with Crippen molar-refractivity contribution in [1.29, 1.82) is 0 Å².